The van der Waals surface area contributed by atoms with Crippen molar-refractivity contribution < 1.29 is 9.47 Å². The standard InChI is InChI=1S/C27H31N3O2S/c1-4-6-7-8-17-32-23-15-11-21(12-16-23)30-26-25-24(19(3)33-27(25)29-18-28-26)20-9-13-22(14-10-20)31-5-2/h9-16,18H,4-8,17H2,1-3H3,(H,28,29,30). The molecule has 0 unspecified atom stereocenters. The molecule has 0 aliphatic rings. The van der Waals surface area contributed by atoms with E-state index in [0.717, 1.165) is 57.4 Å². The van der Waals surface area contributed by atoms with Gasteiger partial charge in [-0.2, -0.15) is 0 Å². The Morgan fingerprint density at radius 3 is 2.30 bits per heavy atom. The summed E-state index contributed by atoms with van der Waals surface area (Å²) in [6.45, 7) is 7.76. The first kappa shape index (κ1) is 23.1. The van der Waals surface area contributed by atoms with Crippen LogP contribution in [0.1, 0.15) is 44.4 Å². The van der Waals surface area contributed by atoms with Crippen molar-refractivity contribution in [2.24, 2.45) is 0 Å². The van der Waals surface area contributed by atoms with Crippen molar-refractivity contribution >= 4 is 33.1 Å². The maximum atomic E-state index is 5.87. The highest BCUT2D eigenvalue weighted by molar-refractivity contribution is 7.19. The van der Waals surface area contributed by atoms with E-state index in [9.17, 15) is 0 Å². The minimum absolute atomic E-state index is 0.657. The van der Waals surface area contributed by atoms with Crippen molar-refractivity contribution in [2.75, 3.05) is 18.5 Å². The number of unbranched alkanes of at least 4 members (excludes halogenated alkanes) is 3. The molecule has 0 bridgehead atoms. The van der Waals surface area contributed by atoms with E-state index in [1.165, 1.54) is 24.1 Å². The van der Waals surface area contributed by atoms with Crippen LogP contribution in [0, 0.1) is 6.92 Å². The largest absolute Gasteiger partial charge is 0.494 e. The van der Waals surface area contributed by atoms with Gasteiger partial charge in [-0.05, 0) is 62.2 Å². The van der Waals surface area contributed by atoms with E-state index in [1.807, 2.05) is 43.3 Å². The number of ether oxygens (including phenoxy) is 2. The molecule has 0 radical (unpaired) electrons. The molecule has 0 saturated heterocycles. The second kappa shape index (κ2) is 11.1. The van der Waals surface area contributed by atoms with Crippen LogP contribution in [-0.4, -0.2) is 23.2 Å². The summed E-state index contributed by atoms with van der Waals surface area (Å²) in [7, 11) is 0. The average molecular weight is 462 g/mol. The van der Waals surface area contributed by atoms with Crippen LogP contribution in [0.3, 0.4) is 0 Å². The van der Waals surface area contributed by atoms with Gasteiger partial charge >= 0.3 is 0 Å². The summed E-state index contributed by atoms with van der Waals surface area (Å²) in [6, 6.07) is 16.3. The Labute approximate surface area is 199 Å². The maximum absolute atomic E-state index is 5.87. The summed E-state index contributed by atoms with van der Waals surface area (Å²) in [4.78, 5) is 11.3. The summed E-state index contributed by atoms with van der Waals surface area (Å²) in [5.41, 5.74) is 3.26. The molecule has 0 atom stereocenters. The SMILES string of the molecule is CCCCCCOc1ccc(Nc2ncnc3sc(C)c(-c4ccc(OCC)cc4)c23)cc1. The smallest absolute Gasteiger partial charge is 0.143 e. The van der Waals surface area contributed by atoms with Gasteiger partial charge in [-0.25, -0.2) is 9.97 Å². The molecule has 5 nitrogen and oxygen atoms in total. The Morgan fingerprint density at radius 2 is 1.58 bits per heavy atom. The van der Waals surface area contributed by atoms with Crippen LogP contribution in [0.5, 0.6) is 11.5 Å². The summed E-state index contributed by atoms with van der Waals surface area (Å²) in [5, 5.41) is 4.53. The molecule has 0 spiro atoms. The van der Waals surface area contributed by atoms with Crippen molar-refractivity contribution in [1.82, 2.24) is 9.97 Å². The second-order valence-corrected chi connectivity index (χ2v) is 9.15. The number of anilines is 2. The molecule has 4 rings (SSSR count). The molecule has 33 heavy (non-hydrogen) atoms. The van der Waals surface area contributed by atoms with Crippen LogP contribution in [0.4, 0.5) is 11.5 Å². The number of aromatic nitrogens is 2. The van der Waals surface area contributed by atoms with Crippen molar-refractivity contribution in [1.29, 1.82) is 0 Å². The van der Waals surface area contributed by atoms with Gasteiger partial charge in [-0.1, -0.05) is 38.3 Å². The Bertz CT molecular complexity index is 1170. The van der Waals surface area contributed by atoms with Crippen LogP contribution in [0.15, 0.2) is 54.9 Å². The summed E-state index contributed by atoms with van der Waals surface area (Å²) in [5.74, 6) is 2.58. The average Bonchev–Trinajstić information content (AvgIpc) is 3.17. The van der Waals surface area contributed by atoms with E-state index in [0.29, 0.717) is 6.61 Å². The summed E-state index contributed by atoms with van der Waals surface area (Å²) >= 11 is 1.69. The molecule has 6 heteroatoms. The van der Waals surface area contributed by atoms with E-state index in [1.54, 1.807) is 17.7 Å². The number of hydrogen-bond donors (Lipinski definition) is 1. The zero-order chi connectivity index (χ0) is 23.0. The molecule has 172 valence electrons. The molecule has 4 aromatic rings. The summed E-state index contributed by atoms with van der Waals surface area (Å²) < 4.78 is 11.5. The van der Waals surface area contributed by atoms with E-state index in [2.05, 4.69) is 41.3 Å². The molecule has 2 heterocycles. The lowest BCUT2D eigenvalue weighted by atomic mass is 10.0. The van der Waals surface area contributed by atoms with E-state index >= 15 is 0 Å². The van der Waals surface area contributed by atoms with Crippen LogP contribution < -0.4 is 14.8 Å². The number of aryl methyl sites for hydroxylation is 1. The quantitative estimate of drug-likeness (QED) is 0.231. The number of thiophene rings is 1. The molecule has 0 amide bonds. The molecular formula is C27H31N3O2S. The first-order valence-corrected chi connectivity index (χ1v) is 12.5. The molecule has 0 fully saturated rings. The Balaban J connectivity index is 1.55. The van der Waals surface area contributed by atoms with Crippen molar-refractivity contribution in [3.05, 3.63) is 59.7 Å². The third-order valence-corrected chi connectivity index (χ3v) is 6.52. The number of benzene rings is 2. The monoisotopic (exact) mass is 461 g/mol. The minimum Gasteiger partial charge on any atom is -0.494 e. The number of hydrogen-bond acceptors (Lipinski definition) is 6. The zero-order valence-electron chi connectivity index (χ0n) is 19.6. The van der Waals surface area contributed by atoms with E-state index in [-0.39, 0.29) is 0 Å². The van der Waals surface area contributed by atoms with Gasteiger partial charge in [-0.15, -0.1) is 11.3 Å². The van der Waals surface area contributed by atoms with Gasteiger partial charge in [0.05, 0.1) is 18.6 Å². The Morgan fingerprint density at radius 1 is 0.848 bits per heavy atom. The molecule has 2 aromatic heterocycles. The lowest BCUT2D eigenvalue weighted by Gasteiger charge is -2.11. The summed E-state index contributed by atoms with van der Waals surface area (Å²) in [6.07, 6.45) is 6.44. The predicted molar refractivity (Wildman–Crippen MR) is 138 cm³/mol. The molecule has 2 aromatic carbocycles. The fourth-order valence-electron chi connectivity index (χ4n) is 3.86. The molecular weight excluding hydrogens is 430 g/mol. The fraction of sp³-hybridized carbons (Fsp3) is 0.333. The van der Waals surface area contributed by atoms with E-state index in [4.69, 9.17) is 9.47 Å². The van der Waals surface area contributed by atoms with Crippen molar-refractivity contribution in [3.8, 4) is 22.6 Å². The Hall–Kier alpha value is -3.12. The van der Waals surface area contributed by atoms with Crippen LogP contribution in [0.2, 0.25) is 0 Å². The first-order valence-electron chi connectivity index (χ1n) is 11.7. The van der Waals surface area contributed by atoms with Crippen LogP contribution >= 0.6 is 11.3 Å². The normalized spacial score (nSPS) is 11.0. The van der Waals surface area contributed by atoms with Gasteiger partial charge in [0.15, 0.2) is 0 Å². The van der Waals surface area contributed by atoms with Gasteiger partial charge in [0.25, 0.3) is 0 Å². The highest BCUT2D eigenvalue weighted by Crippen LogP contribution is 2.41. The predicted octanol–water partition coefficient (Wildman–Crippen LogP) is 7.77. The molecule has 0 aliphatic carbocycles. The third kappa shape index (κ3) is 5.63. The lowest BCUT2D eigenvalue weighted by molar-refractivity contribution is 0.305. The molecule has 0 aliphatic heterocycles. The van der Waals surface area contributed by atoms with Crippen LogP contribution in [0.25, 0.3) is 21.3 Å². The third-order valence-electron chi connectivity index (χ3n) is 5.50. The van der Waals surface area contributed by atoms with Gasteiger partial charge in [0, 0.05) is 16.1 Å². The number of nitrogens with zero attached hydrogens (tertiary/aromatic N) is 2. The number of nitrogens with one attached hydrogen (secondary N) is 1. The minimum atomic E-state index is 0.657. The highest BCUT2D eigenvalue weighted by atomic mass is 32.1. The number of fused-ring (bicyclic) bond motifs is 1. The van der Waals surface area contributed by atoms with Crippen LogP contribution in [-0.2, 0) is 0 Å². The zero-order valence-corrected chi connectivity index (χ0v) is 20.4. The van der Waals surface area contributed by atoms with Gasteiger partial charge in [0.2, 0.25) is 0 Å². The van der Waals surface area contributed by atoms with E-state index < -0.39 is 0 Å². The van der Waals surface area contributed by atoms with Crippen molar-refractivity contribution in [2.45, 2.75) is 46.5 Å². The maximum Gasteiger partial charge on any atom is 0.143 e. The molecule has 1 N–H and O–H groups in total. The topological polar surface area (TPSA) is 56.3 Å². The van der Waals surface area contributed by atoms with Gasteiger partial charge in [-0.3, -0.25) is 0 Å². The lowest BCUT2D eigenvalue weighted by Crippen LogP contribution is -1.98. The first-order chi connectivity index (χ1) is 16.2. The highest BCUT2D eigenvalue weighted by Gasteiger charge is 2.17. The number of rotatable bonds is 11. The van der Waals surface area contributed by atoms with Gasteiger partial charge in [0.1, 0.15) is 28.5 Å². The fourth-order valence-corrected chi connectivity index (χ4v) is 4.87. The van der Waals surface area contributed by atoms with Gasteiger partial charge < -0.3 is 14.8 Å². The molecule has 0 saturated carbocycles. The second-order valence-electron chi connectivity index (χ2n) is 7.95. The Kier molecular flexibility index (Phi) is 7.79. The van der Waals surface area contributed by atoms with Crippen molar-refractivity contribution in [3.63, 3.8) is 0 Å².